The van der Waals surface area contributed by atoms with Gasteiger partial charge in [0.05, 0.1) is 5.56 Å². The van der Waals surface area contributed by atoms with Gasteiger partial charge in [-0.3, -0.25) is 0 Å². The van der Waals surface area contributed by atoms with Gasteiger partial charge in [0, 0.05) is 5.56 Å². The highest BCUT2D eigenvalue weighted by Gasteiger charge is 2.20. The lowest BCUT2D eigenvalue weighted by atomic mass is 10.0. The first-order valence-electron chi connectivity index (χ1n) is 9.06. The molecule has 0 aliphatic heterocycles. The molecule has 0 fully saturated rings. The number of rotatable bonds is 5. The van der Waals surface area contributed by atoms with E-state index >= 15 is 0 Å². The normalized spacial score (nSPS) is 11.8. The second-order valence-electron chi connectivity index (χ2n) is 6.44. The molecule has 6 heteroatoms. The molecule has 4 rings (SSSR count). The van der Waals surface area contributed by atoms with Crippen molar-refractivity contribution < 1.29 is 18.3 Å². The smallest absolute Gasteiger partial charge is 0.338 e. The van der Waals surface area contributed by atoms with E-state index in [1.165, 1.54) is 24.3 Å². The van der Waals surface area contributed by atoms with Crippen molar-refractivity contribution in [3.63, 3.8) is 0 Å². The molecule has 0 N–H and O–H groups in total. The molecule has 0 aliphatic rings. The molecule has 5 nitrogen and oxygen atoms in total. The predicted octanol–water partition coefficient (Wildman–Crippen LogP) is 5.46. The maximum atomic E-state index is 13.0. The molecule has 144 valence electrons. The van der Waals surface area contributed by atoms with Crippen LogP contribution in [0.25, 0.3) is 22.6 Å². The van der Waals surface area contributed by atoms with E-state index in [2.05, 4.69) is 10.2 Å². The molecular weight excluding hydrogens is 371 g/mol. The van der Waals surface area contributed by atoms with Crippen molar-refractivity contribution in [3.05, 3.63) is 96.1 Å². The average molecular weight is 388 g/mol. The van der Waals surface area contributed by atoms with E-state index in [-0.39, 0.29) is 17.6 Å². The van der Waals surface area contributed by atoms with Crippen molar-refractivity contribution in [1.29, 1.82) is 0 Å². The number of halogens is 1. The fraction of sp³-hybridized carbons (Fsp3) is 0.0870. The number of esters is 1. The Kier molecular flexibility index (Phi) is 5.16. The first-order valence-corrected chi connectivity index (χ1v) is 9.06. The van der Waals surface area contributed by atoms with Crippen LogP contribution < -0.4 is 0 Å². The summed E-state index contributed by atoms with van der Waals surface area (Å²) in [7, 11) is 0. The van der Waals surface area contributed by atoms with Gasteiger partial charge in [0.2, 0.25) is 5.89 Å². The van der Waals surface area contributed by atoms with Gasteiger partial charge in [-0.15, -0.1) is 10.2 Å². The van der Waals surface area contributed by atoms with Gasteiger partial charge >= 0.3 is 5.97 Å². The first-order chi connectivity index (χ1) is 14.1. The molecule has 1 atom stereocenters. The van der Waals surface area contributed by atoms with Crippen LogP contribution in [0.1, 0.15) is 29.3 Å². The molecule has 0 spiro atoms. The minimum atomic E-state index is -0.724. The van der Waals surface area contributed by atoms with E-state index < -0.39 is 12.1 Å². The summed E-state index contributed by atoms with van der Waals surface area (Å²) in [4.78, 5) is 12.4. The van der Waals surface area contributed by atoms with Crippen molar-refractivity contribution in [2.24, 2.45) is 0 Å². The van der Waals surface area contributed by atoms with Gasteiger partial charge in [0.15, 0.2) is 6.10 Å². The fourth-order valence-corrected chi connectivity index (χ4v) is 2.82. The molecule has 0 aliphatic carbocycles. The standard InChI is InChI=1S/C23H17FN2O3/c1-15(21-25-26-22(29-21)18-11-13-20(24)14-12-18)28-23(27)19-9-7-17(8-10-19)16-5-3-2-4-6-16/h2-15H,1H3/t15-/m0/s1. The highest BCUT2D eigenvalue weighted by atomic mass is 19.1. The van der Waals surface area contributed by atoms with E-state index in [1.807, 2.05) is 42.5 Å². The topological polar surface area (TPSA) is 65.2 Å². The maximum absolute atomic E-state index is 13.0. The third-order valence-electron chi connectivity index (χ3n) is 4.39. The summed E-state index contributed by atoms with van der Waals surface area (Å²) in [5, 5.41) is 7.86. The van der Waals surface area contributed by atoms with Crippen LogP contribution in [0.15, 0.2) is 83.3 Å². The molecule has 0 unspecified atom stereocenters. The van der Waals surface area contributed by atoms with Gasteiger partial charge < -0.3 is 9.15 Å². The van der Waals surface area contributed by atoms with Crippen LogP contribution in [-0.2, 0) is 4.74 Å². The molecule has 29 heavy (non-hydrogen) atoms. The summed E-state index contributed by atoms with van der Waals surface area (Å²) in [6.07, 6.45) is -0.724. The summed E-state index contributed by atoms with van der Waals surface area (Å²) < 4.78 is 24.0. The van der Waals surface area contributed by atoms with Crippen LogP contribution in [0.5, 0.6) is 0 Å². The van der Waals surface area contributed by atoms with Crippen molar-refractivity contribution in [2.75, 3.05) is 0 Å². The van der Waals surface area contributed by atoms with Gasteiger partial charge in [-0.05, 0) is 54.4 Å². The Labute approximate surface area is 166 Å². The summed E-state index contributed by atoms with van der Waals surface area (Å²) in [6.45, 7) is 1.65. The SMILES string of the molecule is C[C@H](OC(=O)c1ccc(-c2ccccc2)cc1)c1nnc(-c2ccc(F)cc2)o1. The summed E-state index contributed by atoms with van der Waals surface area (Å²) in [6, 6.07) is 22.8. The third-order valence-corrected chi connectivity index (χ3v) is 4.39. The van der Waals surface area contributed by atoms with E-state index in [0.29, 0.717) is 11.1 Å². The largest absolute Gasteiger partial charge is 0.449 e. The lowest BCUT2D eigenvalue weighted by molar-refractivity contribution is 0.0280. The second-order valence-corrected chi connectivity index (χ2v) is 6.44. The monoisotopic (exact) mass is 388 g/mol. The molecule has 0 saturated heterocycles. The molecule has 0 saturated carbocycles. The van der Waals surface area contributed by atoms with E-state index in [9.17, 15) is 9.18 Å². The Balaban J connectivity index is 1.44. The van der Waals surface area contributed by atoms with Crippen molar-refractivity contribution in [1.82, 2.24) is 10.2 Å². The number of hydrogen-bond acceptors (Lipinski definition) is 5. The van der Waals surface area contributed by atoms with Crippen LogP contribution in [0.3, 0.4) is 0 Å². The van der Waals surface area contributed by atoms with Crippen LogP contribution in [0, 0.1) is 5.82 Å². The Hall–Kier alpha value is -3.80. The summed E-state index contributed by atoms with van der Waals surface area (Å²) >= 11 is 0. The minimum absolute atomic E-state index is 0.165. The maximum Gasteiger partial charge on any atom is 0.338 e. The molecule has 0 amide bonds. The molecule has 3 aromatic carbocycles. The van der Waals surface area contributed by atoms with Crippen LogP contribution >= 0.6 is 0 Å². The molecule has 0 bridgehead atoms. The number of carbonyl (C=O) groups excluding carboxylic acids is 1. The Bertz CT molecular complexity index is 1110. The Morgan fingerprint density at radius 3 is 2.17 bits per heavy atom. The second kappa shape index (κ2) is 8.06. The highest BCUT2D eigenvalue weighted by Crippen LogP contribution is 2.24. The number of nitrogens with zero attached hydrogens (tertiary/aromatic N) is 2. The zero-order valence-electron chi connectivity index (χ0n) is 15.6. The Morgan fingerprint density at radius 1 is 0.862 bits per heavy atom. The van der Waals surface area contributed by atoms with Crippen LogP contribution in [-0.4, -0.2) is 16.2 Å². The molecule has 4 aromatic rings. The van der Waals surface area contributed by atoms with Crippen molar-refractivity contribution in [2.45, 2.75) is 13.0 Å². The molecule has 1 heterocycles. The number of benzene rings is 3. The third kappa shape index (κ3) is 4.21. The predicted molar refractivity (Wildman–Crippen MR) is 105 cm³/mol. The lowest BCUT2D eigenvalue weighted by Gasteiger charge is -2.10. The Morgan fingerprint density at radius 2 is 1.48 bits per heavy atom. The average Bonchev–Trinajstić information content (AvgIpc) is 3.25. The van der Waals surface area contributed by atoms with Crippen LogP contribution in [0.4, 0.5) is 4.39 Å². The van der Waals surface area contributed by atoms with Gasteiger partial charge in [0.25, 0.3) is 5.89 Å². The van der Waals surface area contributed by atoms with Gasteiger partial charge in [-0.25, -0.2) is 9.18 Å². The van der Waals surface area contributed by atoms with E-state index in [0.717, 1.165) is 11.1 Å². The molecule has 0 radical (unpaired) electrons. The lowest BCUT2D eigenvalue weighted by Crippen LogP contribution is -2.09. The molecular formula is C23H17FN2O3. The van der Waals surface area contributed by atoms with Gasteiger partial charge in [0.1, 0.15) is 5.82 Å². The summed E-state index contributed by atoms with van der Waals surface area (Å²) in [5.74, 6) is -0.443. The van der Waals surface area contributed by atoms with Crippen molar-refractivity contribution >= 4 is 5.97 Å². The summed E-state index contributed by atoms with van der Waals surface area (Å²) in [5.41, 5.74) is 3.09. The van der Waals surface area contributed by atoms with Crippen LogP contribution in [0.2, 0.25) is 0 Å². The number of ether oxygens (including phenoxy) is 1. The van der Waals surface area contributed by atoms with Gasteiger partial charge in [-0.2, -0.15) is 0 Å². The highest BCUT2D eigenvalue weighted by molar-refractivity contribution is 5.90. The quantitative estimate of drug-likeness (QED) is 0.425. The van der Waals surface area contributed by atoms with Crippen molar-refractivity contribution in [3.8, 4) is 22.6 Å². The van der Waals surface area contributed by atoms with E-state index in [1.54, 1.807) is 19.1 Å². The number of aromatic nitrogens is 2. The van der Waals surface area contributed by atoms with E-state index in [4.69, 9.17) is 9.15 Å². The fourth-order valence-electron chi connectivity index (χ4n) is 2.82. The number of hydrogen-bond donors (Lipinski definition) is 0. The zero-order chi connectivity index (χ0) is 20.2. The van der Waals surface area contributed by atoms with Gasteiger partial charge in [-0.1, -0.05) is 42.5 Å². The number of carbonyl (C=O) groups is 1. The zero-order valence-corrected chi connectivity index (χ0v) is 15.6. The molecule has 1 aromatic heterocycles. The first kappa shape index (κ1) is 18.6. The minimum Gasteiger partial charge on any atom is -0.449 e.